The van der Waals surface area contributed by atoms with Crippen LogP contribution < -0.4 is 0 Å². The average molecular weight is 610 g/mol. The fourth-order valence-corrected chi connectivity index (χ4v) is 9.06. The van der Waals surface area contributed by atoms with E-state index in [1.54, 1.807) is 0 Å². The van der Waals surface area contributed by atoms with Crippen molar-refractivity contribution in [2.75, 3.05) is 6.54 Å². The maximum atomic E-state index is 2.60. The molecule has 0 radical (unpaired) electrons. The van der Waals surface area contributed by atoms with Crippen LogP contribution in [-0.4, -0.2) is 11.4 Å². The third-order valence-corrected chi connectivity index (χ3v) is 11.3. The van der Waals surface area contributed by atoms with E-state index in [1.807, 2.05) is 0 Å². The SMILES string of the molecule is CCN(Cc1ccc2c(c1)C(CC)(c1ccccc1)c1ccccc1-2)Cc1ccc2c(c1)C(CC)(c1ccccc1)c1ccccc1-2. The first-order valence-electron chi connectivity index (χ1n) is 17.4. The highest BCUT2D eigenvalue weighted by Gasteiger charge is 2.44. The summed E-state index contributed by atoms with van der Waals surface area (Å²) in [4.78, 5) is 2.60. The van der Waals surface area contributed by atoms with Gasteiger partial charge in [0.25, 0.3) is 0 Å². The molecule has 8 rings (SSSR count). The Morgan fingerprint density at radius 3 is 1.19 bits per heavy atom. The molecule has 0 saturated carbocycles. The van der Waals surface area contributed by atoms with Gasteiger partial charge in [0.05, 0.1) is 0 Å². The van der Waals surface area contributed by atoms with E-state index in [1.165, 1.54) is 66.8 Å². The minimum Gasteiger partial charge on any atom is -0.295 e. The number of hydrogen-bond donors (Lipinski definition) is 0. The molecule has 0 aromatic heterocycles. The molecule has 0 aliphatic heterocycles. The van der Waals surface area contributed by atoms with Crippen molar-refractivity contribution in [3.63, 3.8) is 0 Å². The topological polar surface area (TPSA) is 3.24 Å². The molecule has 6 aromatic carbocycles. The van der Waals surface area contributed by atoms with E-state index in [4.69, 9.17) is 0 Å². The Labute approximate surface area is 280 Å². The van der Waals surface area contributed by atoms with Gasteiger partial charge in [0, 0.05) is 23.9 Å². The fraction of sp³-hybridized carbons (Fsp3) is 0.217. The zero-order chi connectivity index (χ0) is 32.0. The smallest absolute Gasteiger partial charge is 0.0461 e. The summed E-state index contributed by atoms with van der Waals surface area (Å²) in [6.07, 6.45) is 2.06. The molecule has 0 saturated heterocycles. The molecule has 2 aliphatic carbocycles. The maximum Gasteiger partial charge on any atom is 0.0461 e. The molecule has 0 amide bonds. The van der Waals surface area contributed by atoms with Crippen LogP contribution >= 0.6 is 0 Å². The van der Waals surface area contributed by atoms with E-state index < -0.39 is 0 Å². The second kappa shape index (κ2) is 11.8. The molecule has 0 spiro atoms. The molecule has 2 unspecified atom stereocenters. The Kier molecular flexibility index (Phi) is 7.46. The first-order chi connectivity index (χ1) is 23.1. The molecule has 0 N–H and O–H groups in total. The van der Waals surface area contributed by atoms with Crippen LogP contribution in [0.1, 0.15) is 78.1 Å². The van der Waals surface area contributed by atoms with Crippen molar-refractivity contribution in [1.29, 1.82) is 0 Å². The third-order valence-electron chi connectivity index (χ3n) is 11.3. The van der Waals surface area contributed by atoms with Gasteiger partial charge in [0.2, 0.25) is 0 Å². The molecule has 1 heteroatoms. The van der Waals surface area contributed by atoms with Crippen LogP contribution in [0.15, 0.2) is 146 Å². The van der Waals surface area contributed by atoms with Crippen molar-refractivity contribution in [2.24, 2.45) is 0 Å². The molecular formula is C46H43N. The van der Waals surface area contributed by atoms with Crippen molar-refractivity contribution in [3.8, 4) is 22.3 Å². The van der Waals surface area contributed by atoms with Crippen LogP contribution in [0.3, 0.4) is 0 Å². The Hall–Kier alpha value is -4.72. The number of rotatable bonds is 9. The largest absolute Gasteiger partial charge is 0.295 e. The Morgan fingerprint density at radius 1 is 0.404 bits per heavy atom. The standard InChI is InChI=1S/C46H43N/c1-4-45(35-17-9-7-10-18-35)41-23-15-13-21-37(41)39-27-25-33(29-43(39)45)31-47(6-3)32-34-26-28-40-38-22-14-16-24-42(38)46(5-2,44(40)30-34)36-19-11-8-12-20-36/h7-30H,4-6,31-32H2,1-3H3. The van der Waals surface area contributed by atoms with Crippen LogP contribution in [0.2, 0.25) is 0 Å². The summed E-state index contributed by atoms with van der Waals surface area (Å²) in [5.41, 5.74) is 16.6. The molecule has 2 atom stereocenters. The lowest BCUT2D eigenvalue weighted by Crippen LogP contribution is -2.27. The van der Waals surface area contributed by atoms with Crippen molar-refractivity contribution < 1.29 is 0 Å². The molecule has 232 valence electrons. The summed E-state index contributed by atoms with van der Waals surface area (Å²) in [6, 6.07) is 54.9. The lowest BCUT2D eigenvalue weighted by Gasteiger charge is -2.32. The quantitative estimate of drug-likeness (QED) is 0.158. The van der Waals surface area contributed by atoms with E-state index in [-0.39, 0.29) is 10.8 Å². The van der Waals surface area contributed by atoms with E-state index in [9.17, 15) is 0 Å². The highest BCUT2D eigenvalue weighted by Crippen LogP contribution is 2.56. The van der Waals surface area contributed by atoms with Crippen molar-refractivity contribution >= 4 is 0 Å². The van der Waals surface area contributed by atoms with Gasteiger partial charge in [-0.2, -0.15) is 0 Å². The van der Waals surface area contributed by atoms with Crippen LogP contribution in [0.25, 0.3) is 22.3 Å². The van der Waals surface area contributed by atoms with Crippen LogP contribution in [0, 0.1) is 0 Å². The third kappa shape index (κ3) is 4.48. The van der Waals surface area contributed by atoms with Crippen molar-refractivity contribution in [1.82, 2.24) is 4.90 Å². The highest BCUT2D eigenvalue weighted by atomic mass is 15.1. The molecule has 2 aliphatic rings. The van der Waals surface area contributed by atoms with Gasteiger partial charge in [-0.3, -0.25) is 4.90 Å². The Morgan fingerprint density at radius 2 is 0.787 bits per heavy atom. The first kappa shape index (κ1) is 29.7. The normalized spacial score (nSPS) is 18.9. The first-order valence-corrected chi connectivity index (χ1v) is 17.4. The van der Waals surface area contributed by atoms with Crippen LogP contribution in [-0.2, 0) is 23.9 Å². The summed E-state index contributed by atoms with van der Waals surface area (Å²) >= 11 is 0. The molecule has 1 nitrogen and oxygen atoms in total. The van der Waals surface area contributed by atoms with E-state index in [0.29, 0.717) is 0 Å². The zero-order valence-corrected chi connectivity index (χ0v) is 27.8. The van der Waals surface area contributed by atoms with E-state index >= 15 is 0 Å². The number of benzene rings is 6. The molecule has 47 heavy (non-hydrogen) atoms. The Bertz CT molecular complexity index is 1910. The van der Waals surface area contributed by atoms with Crippen LogP contribution in [0.4, 0.5) is 0 Å². The predicted octanol–water partition coefficient (Wildman–Crippen LogP) is 11.2. The lowest BCUT2D eigenvalue weighted by atomic mass is 9.70. The van der Waals surface area contributed by atoms with Crippen LogP contribution in [0.5, 0.6) is 0 Å². The van der Waals surface area contributed by atoms with E-state index in [2.05, 4.69) is 171 Å². The number of fused-ring (bicyclic) bond motifs is 6. The molecule has 0 fully saturated rings. The fourth-order valence-electron chi connectivity index (χ4n) is 9.06. The van der Waals surface area contributed by atoms with Gasteiger partial charge >= 0.3 is 0 Å². The van der Waals surface area contributed by atoms with Crippen molar-refractivity contribution in [3.05, 3.63) is 190 Å². The Balaban J connectivity index is 1.15. The van der Waals surface area contributed by atoms with Gasteiger partial charge in [-0.1, -0.05) is 166 Å². The van der Waals surface area contributed by atoms with Crippen molar-refractivity contribution in [2.45, 2.75) is 57.5 Å². The van der Waals surface area contributed by atoms with Gasteiger partial charge in [-0.15, -0.1) is 0 Å². The lowest BCUT2D eigenvalue weighted by molar-refractivity contribution is 0.271. The molecule has 0 heterocycles. The number of nitrogens with zero attached hydrogens (tertiary/aromatic N) is 1. The zero-order valence-electron chi connectivity index (χ0n) is 27.8. The highest BCUT2D eigenvalue weighted by molar-refractivity contribution is 5.85. The van der Waals surface area contributed by atoms with Gasteiger partial charge in [0.1, 0.15) is 0 Å². The summed E-state index contributed by atoms with van der Waals surface area (Å²) in [5, 5.41) is 0. The molecular weight excluding hydrogens is 567 g/mol. The summed E-state index contributed by atoms with van der Waals surface area (Å²) in [6.45, 7) is 9.83. The summed E-state index contributed by atoms with van der Waals surface area (Å²) in [7, 11) is 0. The monoisotopic (exact) mass is 609 g/mol. The van der Waals surface area contributed by atoms with E-state index in [0.717, 1.165) is 32.5 Å². The number of hydrogen-bond acceptors (Lipinski definition) is 1. The maximum absolute atomic E-state index is 2.60. The average Bonchev–Trinajstić information content (AvgIpc) is 3.59. The van der Waals surface area contributed by atoms with Gasteiger partial charge in [0.15, 0.2) is 0 Å². The minimum absolute atomic E-state index is 0.129. The summed E-state index contributed by atoms with van der Waals surface area (Å²) < 4.78 is 0. The second-order valence-electron chi connectivity index (χ2n) is 13.4. The van der Waals surface area contributed by atoms with Gasteiger partial charge < -0.3 is 0 Å². The summed E-state index contributed by atoms with van der Waals surface area (Å²) in [5.74, 6) is 0. The van der Waals surface area contributed by atoms with Gasteiger partial charge in [-0.05, 0) is 86.1 Å². The molecule has 6 aromatic rings. The predicted molar refractivity (Wildman–Crippen MR) is 197 cm³/mol. The second-order valence-corrected chi connectivity index (χ2v) is 13.4. The minimum atomic E-state index is -0.129. The molecule has 0 bridgehead atoms. The van der Waals surface area contributed by atoms with Gasteiger partial charge in [-0.25, -0.2) is 0 Å².